The van der Waals surface area contributed by atoms with Gasteiger partial charge in [-0.1, -0.05) is 19.3 Å². The van der Waals surface area contributed by atoms with Crippen LogP contribution in [0.4, 0.5) is 0 Å². The molecule has 1 aromatic heterocycles. The fourth-order valence-electron chi connectivity index (χ4n) is 5.11. The first-order valence-electron chi connectivity index (χ1n) is 11.4. The van der Waals surface area contributed by atoms with Gasteiger partial charge in [0.1, 0.15) is 18.0 Å². The van der Waals surface area contributed by atoms with Crippen LogP contribution >= 0.6 is 7.82 Å². The Balaban J connectivity index is 1.66. The van der Waals surface area contributed by atoms with Crippen molar-refractivity contribution >= 4 is 30.4 Å². The molecule has 2 N–H and O–H groups in total. The van der Waals surface area contributed by atoms with Crippen LogP contribution in [0.15, 0.2) is 23.8 Å². The van der Waals surface area contributed by atoms with Crippen molar-refractivity contribution in [3.63, 3.8) is 0 Å². The highest BCUT2D eigenvalue weighted by atomic mass is 31.2. The van der Waals surface area contributed by atoms with E-state index < -0.39 is 7.82 Å². The number of allylic oxidation sites excluding steroid dienone is 1. The fraction of sp³-hybridized carbons (Fsp3) is 0.565. The van der Waals surface area contributed by atoms with E-state index in [1.807, 2.05) is 4.90 Å². The molecule has 2 aromatic rings. The number of methoxy groups -OCH3 is 1. The molecular formula is C23H32N3O6P. The van der Waals surface area contributed by atoms with E-state index in [4.69, 9.17) is 9.26 Å². The van der Waals surface area contributed by atoms with Gasteiger partial charge in [0.25, 0.3) is 0 Å². The predicted molar refractivity (Wildman–Crippen MR) is 124 cm³/mol. The highest BCUT2D eigenvalue weighted by Crippen LogP contribution is 2.44. The maximum Gasteiger partial charge on any atom is 0.524 e. The number of likely N-dealkylation sites (tertiary alicyclic amines) is 1. The van der Waals surface area contributed by atoms with Gasteiger partial charge in [-0.25, -0.2) is 4.57 Å². The molecule has 2 fully saturated rings. The molecule has 4 rings (SSSR count). The number of hydrogen-bond acceptors (Lipinski definition) is 5. The van der Waals surface area contributed by atoms with Gasteiger partial charge in [0, 0.05) is 24.5 Å². The molecule has 0 unspecified atom stereocenters. The minimum atomic E-state index is -4.80. The molecule has 2 atom stereocenters. The number of nitrogens with zero attached hydrogens (tertiary/aromatic N) is 3. The van der Waals surface area contributed by atoms with Crippen molar-refractivity contribution in [3.05, 3.63) is 29.5 Å². The summed E-state index contributed by atoms with van der Waals surface area (Å²) in [6.07, 6.45) is 6.03. The molecule has 0 spiro atoms. The van der Waals surface area contributed by atoms with E-state index in [-0.39, 0.29) is 23.9 Å². The van der Waals surface area contributed by atoms with E-state index in [1.165, 1.54) is 25.7 Å². The molecule has 0 bridgehead atoms. The van der Waals surface area contributed by atoms with Crippen LogP contribution in [0.2, 0.25) is 0 Å². The number of phosphoric acid groups is 1. The van der Waals surface area contributed by atoms with Crippen molar-refractivity contribution in [1.29, 1.82) is 0 Å². The third kappa shape index (κ3) is 5.26. The number of hydrogen-bond donors (Lipinski definition) is 2. The van der Waals surface area contributed by atoms with E-state index >= 15 is 0 Å². The SMILES string of the molecule is COc1ccc2c(C(OP(=O)(O)O)=C(C)C)nn(CC(=O)N3CC[C@@H]4CCCC[C@@H]4C3)c2c1. The number of amides is 1. The van der Waals surface area contributed by atoms with Crippen LogP contribution in [0, 0.1) is 11.8 Å². The quantitative estimate of drug-likeness (QED) is 0.478. The molecule has 10 heteroatoms. The van der Waals surface area contributed by atoms with Crippen LogP contribution in [0.1, 0.15) is 51.6 Å². The number of rotatable bonds is 6. The number of carbonyl (C=O) groups is 1. The fourth-order valence-corrected chi connectivity index (χ4v) is 5.62. The average molecular weight is 477 g/mol. The lowest BCUT2D eigenvalue weighted by atomic mass is 9.75. The Bertz CT molecular complexity index is 1120. The summed E-state index contributed by atoms with van der Waals surface area (Å²) in [5.41, 5.74) is 1.49. The number of benzene rings is 1. The Morgan fingerprint density at radius 1 is 1.18 bits per heavy atom. The second kappa shape index (κ2) is 9.49. The zero-order valence-corrected chi connectivity index (χ0v) is 20.3. The van der Waals surface area contributed by atoms with E-state index in [1.54, 1.807) is 43.8 Å². The van der Waals surface area contributed by atoms with Gasteiger partial charge in [-0.2, -0.15) is 5.10 Å². The molecule has 2 heterocycles. The first-order valence-corrected chi connectivity index (χ1v) is 12.9. The molecule has 1 aliphatic carbocycles. The smallest absolute Gasteiger partial charge is 0.497 e. The van der Waals surface area contributed by atoms with Gasteiger partial charge >= 0.3 is 7.82 Å². The summed E-state index contributed by atoms with van der Waals surface area (Å²) in [5, 5.41) is 5.20. The number of aromatic nitrogens is 2. The summed E-state index contributed by atoms with van der Waals surface area (Å²) in [6.45, 7) is 4.97. The molecule has 2 aliphatic rings. The average Bonchev–Trinajstić information content (AvgIpc) is 3.13. The topological polar surface area (TPSA) is 114 Å². The molecule has 1 aromatic carbocycles. The van der Waals surface area contributed by atoms with E-state index in [9.17, 15) is 19.1 Å². The van der Waals surface area contributed by atoms with Gasteiger partial charge in [0.15, 0.2) is 5.76 Å². The van der Waals surface area contributed by atoms with E-state index in [0.717, 1.165) is 25.4 Å². The molecular weight excluding hydrogens is 445 g/mol. The van der Waals surface area contributed by atoms with Crippen LogP contribution in [-0.2, 0) is 20.4 Å². The Morgan fingerprint density at radius 3 is 2.58 bits per heavy atom. The lowest BCUT2D eigenvalue weighted by molar-refractivity contribution is -0.135. The number of carbonyl (C=O) groups excluding carboxylic acids is 1. The van der Waals surface area contributed by atoms with Crippen LogP contribution in [0.5, 0.6) is 5.75 Å². The van der Waals surface area contributed by atoms with Crippen molar-refractivity contribution in [3.8, 4) is 5.75 Å². The molecule has 1 saturated heterocycles. The number of ether oxygens (including phenoxy) is 1. The minimum absolute atomic E-state index is 0.00699. The largest absolute Gasteiger partial charge is 0.524 e. The summed E-state index contributed by atoms with van der Waals surface area (Å²) < 4.78 is 23.5. The first kappa shape index (κ1) is 23.8. The Labute approximate surface area is 193 Å². The standard InChI is InChI=1S/C23H32N3O6P/c1-15(2)23(32-33(28,29)30)22-19-9-8-18(31-3)12-20(19)26(24-22)14-21(27)25-11-10-16-6-4-5-7-17(16)13-25/h8-9,12,16-17H,4-7,10-11,13-14H2,1-3H3,(H2,28,29,30)/t16-,17+/m0/s1. The maximum atomic E-state index is 13.2. The van der Waals surface area contributed by atoms with E-state index in [2.05, 4.69) is 5.10 Å². The summed E-state index contributed by atoms with van der Waals surface area (Å²) >= 11 is 0. The first-order chi connectivity index (χ1) is 15.7. The minimum Gasteiger partial charge on any atom is -0.497 e. The van der Waals surface area contributed by atoms with Gasteiger partial charge in [0.05, 0.1) is 12.6 Å². The monoisotopic (exact) mass is 477 g/mol. The van der Waals surface area contributed by atoms with Gasteiger partial charge in [-0.3, -0.25) is 19.3 Å². The van der Waals surface area contributed by atoms with Crippen molar-refractivity contribution in [2.24, 2.45) is 11.8 Å². The van der Waals surface area contributed by atoms with Gasteiger partial charge in [-0.15, -0.1) is 0 Å². The number of fused-ring (bicyclic) bond motifs is 2. The molecule has 0 radical (unpaired) electrons. The lowest BCUT2D eigenvalue weighted by Gasteiger charge is -2.41. The summed E-state index contributed by atoms with van der Waals surface area (Å²) in [4.78, 5) is 34.0. The van der Waals surface area contributed by atoms with Crippen LogP contribution < -0.4 is 4.74 Å². The maximum absolute atomic E-state index is 13.2. The van der Waals surface area contributed by atoms with Crippen LogP contribution in [0.3, 0.4) is 0 Å². The molecule has 1 saturated carbocycles. The van der Waals surface area contributed by atoms with Gasteiger partial charge in [-0.05, 0) is 56.2 Å². The third-order valence-corrected chi connectivity index (χ3v) is 7.19. The zero-order chi connectivity index (χ0) is 23.8. The van der Waals surface area contributed by atoms with Crippen molar-refractivity contribution in [2.45, 2.75) is 52.5 Å². The highest BCUT2D eigenvalue weighted by Gasteiger charge is 2.33. The zero-order valence-electron chi connectivity index (χ0n) is 19.4. The molecule has 180 valence electrons. The van der Waals surface area contributed by atoms with E-state index in [0.29, 0.717) is 28.1 Å². The van der Waals surface area contributed by atoms with Crippen molar-refractivity contribution in [2.75, 3.05) is 20.2 Å². The number of piperidine rings is 1. The summed E-state index contributed by atoms with van der Waals surface area (Å²) in [5.74, 6) is 1.91. The predicted octanol–water partition coefficient (Wildman–Crippen LogP) is 3.94. The van der Waals surface area contributed by atoms with Crippen LogP contribution in [-0.4, -0.2) is 50.6 Å². The Hall–Kier alpha value is -2.35. The lowest BCUT2D eigenvalue weighted by Crippen LogP contribution is -2.45. The van der Waals surface area contributed by atoms with Gasteiger partial charge in [0.2, 0.25) is 5.91 Å². The second-order valence-corrected chi connectivity index (χ2v) is 10.4. The molecule has 1 amide bonds. The summed E-state index contributed by atoms with van der Waals surface area (Å²) in [6, 6.07) is 5.27. The van der Waals surface area contributed by atoms with Gasteiger partial charge < -0.3 is 14.2 Å². The summed E-state index contributed by atoms with van der Waals surface area (Å²) in [7, 11) is -3.24. The Morgan fingerprint density at radius 2 is 1.91 bits per heavy atom. The highest BCUT2D eigenvalue weighted by molar-refractivity contribution is 7.46. The molecule has 1 aliphatic heterocycles. The van der Waals surface area contributed by atoms with Crippen molar-refractivity contribution in [1.82, 2.24) is 14.7 Å². The molecule has 9 nitrogen and oxygen atoms in total. The normalized spacial score (nSPS) is 20.9. The van der Waals surface area contributed by atoms with Crippen LogP contribution in [0.25, 0.3) is 16.7 Å². The molecule has 33 heavy (non-hydrogen) atoms. The second-order valence-electron chi connectivity index (χ2n) is 9.23. The van der Waals surface area contributed by atoms with Crippen molar-refractivity contribution < 1.29 is 28.4 Å². The number of phosphoric ester groups is 1. The third-order valence-electron chi connectivity index (χ3n) is 6.77. The Kier molecular flexibility index (Phi) is 6.84.